The third-order valence-corrected chi connectivity index (χ3v) is 3.73. The Morgan fingerprint density at radius 3 is 2.50 bits per heavy atom. The molecule has 24 heavy (non-hydrogen) atoms. The molecule has 0 aliphatic rings. The smallest absolute Gasteiger partial charge is 0.341 e. The molecule has 0 saturated carbocycles. The Bertz CT molecular complexity index is 709. The summed E-state index contributed by atoms with van der Waals surface area (Å²) in [6, 6.07) is 10.6. The number of methoxy groups -OCH3 is 2. The van der Waals surface area contributed by atoms with Crippen molar-refractivity contribution in [3.63, 3.8) is 0 Å². The largest absolute Gasteiger partial charge is 0.507 e. The zero-order valence-corrected chi connectivity index (χ0v) is 14.2. The number of carbonyl (C=O) groups is 1. The molecule has 0 fully saturated rings. The Morgan fingerprint density at radius 1 is 1.04 bits per heavy atom. The molecule has 0 radical (unpaired) electrons. The van der Waals surface area contributed by atoms with Crippen LogP contribution in [0.15, 0.2) is 36.4 Å². The molecule has 0 amide bonds. The van der Waals surface area contributed by atoms with Gasteiger partial charge in [0.05, 0.1) is 20.8 Å². The summed E-state index contributed by atoms with van der Waals surface area (Å²) in [7, 11) is 3.25. The molecule has 1 N–H and O–H groups in total. The Kier molecular flexibility index (Phi) is 6.07. The van der Waals surface area contributed by atoms with E-state index in [2.05, 4.69) is 0 Å². The van der Waals surface area contributed by atoms with Gasteiger partial charge in [0.25, 0.3) is 0 Å². The molecular formula is C19H22O5. The highest BCUT2D eigenvalue weighted by atomic mass is 16.5. The van der Waals surface area contributed by atoms with Crippen molar-refractivity contribution in [2.24, 2.45) is 0 Å². The number of benzene rings is 2. The number of aromatic hydroxyl groups is 1. The summed E-state index contributed by atoms with van der Waals surface area (Å²) >= 11 is 0. The standard InChI is InChI=1S/C19H22O5/c1-4-24-19(21)16-11-13(6-9-17(16)20)5-7-14-12-15(22-2)8-10-18(14)23-3/h6,8-12,20H,4-5,7H2,1-3H3. The van der Waals surface area contributed by atoms with Crippen LogP contribution in [0.4, 0.5) is 0 Å². The Balaban J connectivity index is 2.17. The van der Waals surface area contributed by atoms with Crippen LogP contribution in [0, 0.1) is 0 Å². The zero-order chi connectivity index (χ0) is 17.5. The number of aryl methyl sites for hydroxylation is 2. The first-order valence-corrected chi connectivity index (χ1v) is 7.79. The lowest BCUT2D eigenvalue weighted by Crippen LogP contribution is -2.06. The molecule has 2 aromatic carbocycles. The number of carbonyl (C=O) groups excluding carboxylic acids is 1. The van der Waals surface area contributed by atoms with Gasteiger partial charge in [-0.25, -0.2) is 4.79 Å². The van der Waals surface area contributed by atoms with Gasteiger partial charge < -0.3 is 19.3 Å². The highest BCUT2D eigenvalue weighted by molar-refractivity contribution is 5.92. The van der Waals surface area contributed by atoms with Crippen molar-refractivity contribution in [3.05, 3.63) is 53.1 Å². The number of phenolic OH excluding ortho intramolecular Hbond substituents is 1. The SMILES string of the molecule is CCOC(=O)c1cc(CCc2cc(OC)ccc2OC)ccc1O. The molecule has 128 valence electrons. The van der Waals surface area contributed by atoms with Crippen LogP contribution >= 0.6 is 0 Å². The van der Waals surface area contributed by atoms with Gasteiger partial charge in [-0.05, 0) is 61.2 Å². The van der Waals surface area contributed by atoms with E-state index >= 15 is 0 Å². The molecule has 5 nitrogen and oxygen atoms in total. The van der Waals surface area contributed by atoms with E-state index in [4.69, 9.17) is 14.2 Å². The van der Waals surface area contributed by atoms with Crippen LogP contribution in [-0.4, -0.2) is 31.9 Å². The van der Waals surface area contributed by atoms with E-state index in [0.29, 0.717) is 12.8 Å². The third kappa shape index (κ3) is 4.19. The van der Waals surface area contributed by atoms with E-state index in [0.717, 1.165) is 22.6 Å². The summed E-state index contributed by atoms with van der Waals surface area (Å²) < 4.78 is 15.6. The highest BCUT2D eigenvalue weighted by Crippen LogP contribution is 2.26. The number of phenols is 1. The van der Waals surface area contributed by atoms with Gasteiger partial charge in [-0.15, -0.1) is 0 Å². The quantitative estimate of drug-likeness (QED) is 0.789. The molecule has 2 aromatic rings. The van der Waals surface area contributed by atoms with E-state index in [9.17, 15) is 9.90 Å². The molecule has 0 aliphatic carbocycles. The normalized spacial score (nSPS) is 10.3. The second-order valence-electron chi connectivity index (χ2n) is 5.25. The molecule has 0 aromatic heterocycles. The second-order valence-corrected chi connectivity index (χ2v) is 5.25. The van der Waals surface area contributed by atoms with E-state index in [-0.39, 0.29) is 17.9 Å². The Labute approximate surface area is 141 Å². The third-order valence-electron chi connectivity index (χ3n) is 3.73. The predicted octanol–water partition coefficient (Wildman–Crippen LogP) is 3.37. The van der Waals surface area contributed by atoms with Gasteiger partial charge in [0.15, 0.2) is 0 Å². The summed E-state index contributed by atoms with van der Waals surface area (Å²) in [6.45, 7) is 2.00. The number of hydrogen-bond donors (Lipinski definition) is 1. The molecule has 0 spiro atoms. The number of esters is 1. The van der Waals surface area contributed by atoms with Gasteiger partial charge >= 0.3 is 5.97 Å². The Hall–Kier alpha value is -2.69. The lowest BCUT2D eigenvalue weighted by molar-refractivity contribution is 0.0523. The average Bonchev–Trinajstić information content (AvgIpc) is 2.60. The van der Waals surface area contributed by atoms with Crippen molar-refractivity contribution in [2.45, 2.75) is 19.8 Å². The van der Waals surface area contributed by atoms with Crippen molar-refractivity contribution in [1.29, 1.82) is 0 Å². The van der Waals surface area contributed by atoms with Crippen molar-refractivity contribution in [3.8, 4) is 17.2 Å². The van der Waals surface area contributed by atoms with Crippen LogP contribution in [0.2, 0.25) is 0 Å². The Morgan fingerprint density at radius 2 is 1.83 bits per heavy atom. The first-order valence-electron chi connectivity index (χ1n) is 7.79. The number of ether oxygens (including phenoxy) is 3. The maximum absolute atomic E-state index is 11.9. The molecule has 0 heterocycles. The first kappa shape index (κ1) is 17.7. The minimum absolute atomic E-state index is 0.0730. The van der Waals surface area contributed by atoms with E-state index in [1.165, 1.54) is 6.07 Å². The minimum Gasteiger partial charge on any atom is -0.507 e. The minimum atomic E-state index is -0.518. The van der Waals surface area contributed by atoms with Crippen molar-refractivity contribution >= 4 is 5.97 Å². The summed E-state index contributed by atoms with van der Waals surface area (Å²) in [6.07, 6.45) is 1.41. The van der Waals surface area contributed by atoms with Crippen LogP contribution in [0.3, 0.4) is 0 Å². The van der Waals surface area contributed by atoms with Gasteiger partial charge in [0, 0.05) is 0 Å². The van der Waals surface area contributed by atoms with Crippen LogP contribution in [0.1, 0.15) is 28.4 Å². The monoisotopic (exact) mass is 330 g/mol. The molecular weight excluding hydrogens is 308 g/mol. The van der Waals surface area contributed by atoms with Gasteiger partial charge in [0.1, 0.15) is 22.8 Å². The molecule has 5 heteroatoms. The summed E-state index contributed by atoms with van der Waals surface area (Å²) in [5.41, 5.74) is 2.13. The van der Waals surface area contributed by atoms with Gasteiger partial charge in [-0.2, -0.15) is 0 Å². The molecule has 0 atom stereocenters. The molecule has 0 unspecified atom stereocenters. The summed E-state index contributed by atoms with van der Waals surface area (Å²) in [5, 5.41) is 9.83. The van der Waals surface area contributed by atoms with Crippen LogP contribution < -0.4 is 9.47 Å². The van der Waals surface area contributed by atoms with E-state index in [1.807, 2.05) is 18.2 Å². The van der Waals surface area contributed by atoms with Crippen molar-refractivity contribution in [1.82, 2.24) is 0 Å². The van der Waals surface area contributed by atoms with Crippen LogP contribution in [0.25, 0.3) is 0 Å². The number of hydrogen-bond acceptors (Lipinski definition) is 5. The summed E-state index contributed by atoms with van der Waals surface area (Å²) in [4.78, 5) is 11.9. The summed E-state index contributed by atoms with van der Waals surface area (Å²) in [5.74, 6) is 0.968. The fourth-order valence-electron chi connectivity index (χ4n) is 2.47. The molecule has 0 saturated heterocycles. The fraction of sp³-hybridized carbons (Fsp3) is 0.316. The van der Waals surface area contributed by atoms with Gasteiger partial charge in [-0.3, -0.25) is 0 Å². The molecule has 0 aliphatic heterocycles. The predicted molar refractivity (Wildman–Crippen MR) is 91.0 cm³/mol. The average molecular weight is 330 g/mol. The number of rotatable bonds is 7. The van der Waals surface area contributed by atoms with Crippen LogP contribution in [0.5, 0.6) is 17.2 Å². The van der Waals surface area contributed by atoms with Gasteiger partial charge in [-0.1, -0.05) is 6.07 Å². The van der Waals surface area contributed by atoms with Crippen LogP contribution in [-0.2, 0) is 17.6 Å². The highest BCUT2D eigenvalue weighted by Gasteiger charge is 2.13. The lowest BCUT2D eigenvalue weighted by atomic mass is 10.0. The van der Waals surface area contributed by atoms with E-state index in [1.54, 1.807) is 33.3 Å². The lowest BCUT2D eigenvalue weighted by Gasteiger charge is -2.11. The zero-order valence-electron chi connectivity index (χ0n) is 14.2. The first-order chi connectivity index (χ1) is 11.6. The maximum Gasteiger partial charge on any atom is 0.341 e. The van der Waals surface area contributed by atoms with E-state index < -0.39 is 5.97 Å². The van der Waals surface area contributed by atoms with Crippen molar-refractivity contribution in [2.75, 3.05) is 20.8 Å². The molecule has 2 rings (SSSR count). The fourth-order valence-corrected chi connectivity index (χ4v) is 2.47. The van der Waals surface area contributed by atoms with Gasteiger partial charge in [0.2, 0.25) is 0 Å². The topological polar surface area (TPSA) is 65.0 Å². The van der Waals surface area contributed by atoms with Crippen molar-refractivity contribution < 1.29 is 24.1 Å². The second kappa shape index (κ2) is 8.24. The maximum atomic E-state index is 11.9. The molecule has 0 bridgehead atoms.